The average Bonchev–Trinajstić information content (AvgIpc) is 3.54. The Bertz CT molecular complexity index is 1780. The number of aromatic nitrogens is 2. The van der Waals surface area contributed by atoms with Gasteiger partial charge in [-0.05, 0) is 50.2 Å². The maximum Gasteiger partial charge on any atom is 0.481 e. The normalized spacial score (nSPS) is 20.3. The summed E-state index contributed by atoms with van der Waals surface area (Å²) in [6.07, 6.45) is 19.6. The number of rotatable bonds is 38. The molecule has 1 aromatic heterocycles. The monoisotopic (exact) mass is 977 g/mol. The topological polar surface area (TPSA) is 283 Å². The molecule has 378 valence electrons. The number of aliphatic hydroxyl groups excluding tert-OH is 2. The quantitative estimate of drug-likeness (QED) is 0.0138. The molecule has 0 amide bonds. The minimum absolute atomic E-state index is 0.0321. The van der Waals surface area contributed by atoms with Gasteiger partial charge in [0.2, 0.25) is 0 Å². The second-order valence-corrected chi connectivity index (χ2v) is 19.9. The first-order valence-corrected chi connectivity index (χ1v) is 26.7. The lowest BCUT2D eigenvalue weighted by molar-refractivity contribution is -0.161. The number of anilines is 1. The number of ketones is 1. The van der Waals surface area contributed by atoms with Crippen molar-refractivity contribution in [3.05, 3.63) is 47.1 Å². The van der Waals surface area contributed by atoms with E-state index >= 15 is 0 Å². The summed E-state index contributed by atoms with van der Waals surface area (Å²) in [5.41, 5.74) is 4.57. The lowest BCUT2D eigenvalue weighted by Crippen LogP contribution is -2.36. The van der Waals surface area contributed by atoms with Crippen molar-refractivity contribution in [2.75, 3.05) is 25.6 Å². The van der Waals surface area contributed by atoms with Crippen LogP contribution in [-0.4, -0.2) is 91.5 Å². The van der Waals surface area contributed by atoms with E-state index in [1.807, 2.05) is 6.08 Å². The van der Waals surface area contributed by atoms with E-state index in [-0.39, 0.29) is 24.4 Å². The molecule has 1 saturated heterocycles. The van der Waals surface area contributed by atoms with Crippen molar-refractivity contribution >= 4 is 39.2 Å². The number of hydrogen-bond donors (Lipinski definition) is 5. The minimum atomic E-state index is -5.44. The van der Waals surface area contributed by atoms with Gasteiger partial charge in [-0.2, -0.15) is 9.29 Å². The maximum absolute atomic E-state index is 12.8. The van der Waals surface area contributed by atoms with Crippen molar-refractivity contribution < 1.29 is 71.1 Å². The number of allylic oxidation sites excluding steroid dienone is 4. The van der Waals surface area contributed by atoms with Gasteiger partial charge >= 0.3 is 33.3 Å². The molecule has 2 heterocycles. The van der Waals surface area contributed by atoms with E-state index in [0.717, 1.165) is 74.5 Å². The minimum Gasteiger partial charge on any atom is -0.462 e. The summed E-state index contributed by atoms with van der Waals surface area (Å²) >= 11 is 0. The fourth-order valence-corrected chi connectivity index (χ4v) is 9.03. The van der Waals surface area contributed by atoms with Gasteiger partial charge in [0, 0.05) is 25.5 Å². The molecule has 0 bridgehead atoms. The molecule has 0 spiro atoms. The second kappa shape index (κ2) is 33.4. The molecule has 6 N–H and O–H groups in total. The van der Waals surface area contributed by atoms with Crippen molar-refractivity contribution in [2.45, 2.75) is 193 Å². The number of nitrogen functional groups attached to an aromatic ring is 1. The Labute approximate surface area is 390 Å². The molecule has 8 atom stereocenters. The van der Waals surface area contributed by atoms with Crippen LogP contribution in [0.4, 0.5) is 5.82 Å². The molecule has 0 aromatic carbocycles. The third kappa shape index (κ3) is 26.5. The van der Waals surface area contributed by atoms with Crippen LogP contribution in [0.15, 0.2) is 41.4 Å². The van der Waals surface area contributed by atoms with Gasteiger partial charge in [-0.1, -0.05) is 129 Å². The van der Waals surface area contributed by atoms with Gasteiger partial charge in [0.1, 0.15) is 30.7 Å². The van der Waals surface area contributed by atoms with Crippen LogP contribution in [0, 0.1) is 5.92 Å². The van der Waals surface area contributed by atoms with E-state index in [4.69, 9.17) is 29.0 Å². The van der Waals surface area contributed by atoms with Crippen LogP contribution in [0.5, 0.6) is 0 Å². The molecule has 0 radical (unpaired) electrons. The highest BCUT2D eigenvalue weighted by atomic mass is 31.3. The number of nitrogens with two attached hydrogens (primary N) is 1. The van der Waals surface area contributed by atoms with E-state index in [0.29, 0.717) is 32.1 Å². The number of phosphoric acid groups is 2. The van der Waals surface area contributed by atoms with E-state index in [2.05, 4.69) is 36.1 Å². The Hall–Kier alpha value is -3.09. The van der Waals surface area contributed by atoms with Gasteiger partial charge in [0.05, 0.1) is 13.2 Å². The van der Waals surface area contributed by atoms with E-state index in [1.165, 1.54) is 44.6 Å². The van der Waals surface area contributed by atoms with Crippen molar-refractivity contribution in [1.82, 2.24) is 9.55 Å². The van der Waals surface area contributed by atoms with Gasteiger partial charge in [-0.15, -0.1) is 0 Å². The summed E-state index contributed by atoms with van der Waals surface area (Å²) in [6, 6.07) is 1.24. The molecule has 0 saturated carbocycles. The lowest BCUT2D eigenvalue weighted by atomic mass is 9.99. The molecular weight excluding hydrogens is 900 g/mol. The van der Waals surface area contributed by atoms with E-state index in [9.17, 15) is 48.3 Å². The molecule has 0 aliphatic carbocycles. The first-order chi connectivity index (χ1) is 31.5. The number of unbranched alkanes of at least 4 members (excludes halogenated alkanes) is 14. The summed E-state index contributed by atoms with van der Waals surface area (Å²) in [7, 11) is -10.9. The zero-order valence-electron chi connectivity index (χ0n) is 39.2. The Morgan fingerprint density at radius 1 is 0.818 bits per heavy atom. The van der Waals surface area contributed by atoms with Gasteiger partial charge in [0.25, 0.3) is 0 Å². The van der Waals surface area contributed by atoms with E-state index in [1.54, 1.807) is 12.2 Å². The molecule has 3 unspecified atom stereocenters. The highest BCUT2D eigenvalue weighted by Crippen LogP contribution is 2.60. The van der Waals surface area contributed by atoms with Crippen molar-refractivity contribution in [3.8, 4) is 0 Å². The summed E-state index contributed by atoms with van der Waals surface area (Å²) in [5.74, 6) is -0.583. The number of aliphatic hydroxyl groups is 2. The SMILES string of the molecule is CCCCC/C=C\C=C\C(=O)CCCCCCCC(=O)O[C@H](COC(=O)CCCCCCCCCCC(C)CC)COP(=O)(O)OP(=O)(O)OC[C@H]1O[C@@H](n2ccc(N)nc2=O)[C@H](O)[C@@H]1O. The van der Waals surface area contributed by atoms with Crippen molar-refractivity contribution in [1.29, 1.82) is 0 Å². The molecule has 19 nitrogen and oxygen atoms in total. The zero-order chi connectivity index (χ0) is 48.8. The maximum atomic E-state index is 12.8. The number of hydrogen-bond acceptors (Lipinski definition) is 16. The molecule has 1 aliphatic rings. The van der Waals surface area contributed by atoms with Crippen molar-refractivity contribution in [3.63, 3.8) is 0 Å². The largest absolute Gasteiger partial charge is 0.481 e. The summed E-state index contributed by atoms with van der Waals surface area (Å²) in [6.45, 7) is 4.25. The molecule has 2 rings (SSSR count). The van der Waals surface area contributed by atoms with Crippen LogP contribution in [-0.2, 0) is 51.1 Å². The van der Waals surface area contributed by atoms with Gasteiger partial charge < -0.3 is 39.9 Å². The smallest absolute Gasteiger partial charge is 0.462 e. The number of phosphoric ester groups is 2. The van der Waals surface area contributed by atoms with Crippen LogP contribution < -0.4 is 11.4 Å². The van der Waals surface area contributed by atoms with Crippen LogP contribution in [0.2, 0.25) is 0 Å². The van der Waals surface area contributed by atoms with Gasteiger partial charge in [-0.25, -0.2) is 13.9 Å². The zero-order valence-corrected chi connectivity index (χ0v) is 40.9. The molecule has 21 heteroatoms. The second-order valence-electron chi connectivity index (χ2n) is 16.9. The van der Waals surface area contributed by atoms with Crippen LogP contribution >= 0.6 is 15.6 Å². The number of nitrogens with zero attached hydrogens (tertiary/aromatic N) is 2. The Morgan fingerprint density at radius 3 is 2.06 bits per heavy atom. The number of carbonyl (C=O) groups is 3. The molecule has 1 aromatic rings. The lowest BCUT2D eigenvalue weighted by Gasteiger charge is -2.21. The number of ether oxygens (including phenoxy) is 3. The Kier molecular flexibility index (Phi) is 29.9. The third-order valence-electron chi connectivity index (χ3n) is 11.1. The standard InChI is InChI=1S/C45H77N3O16P2/c1-4-6-7-8-11-16-21-26-36(49)27-22-17-14-19-24-29-41(51)62-37(32-59-40(50)28-23-18-13-10-9-12-15-20-25-35(3)5-2)33-60-65(55,56)64-66(57,58)61-34-38-42(52)43(53)44(63-38)48-31-30-39(46)47-45(48)54/h11,16,21,26,30-31,35,37-38,42-44,52-53H,4-10,12-15,17-20,22-25,27-29,32-34H2,1-3H3,(H,55,56)(H,57,58)(H2,46,47,54)/b16-11-,26-21+/t35?,37-,38-,42-,43-,44-/m1/s1. The summed E-state index contributed by atoms with van der Waals surface area (Å²) in [4.78, 5) is 73.8. The molecular formula is C45H77N3O16P2. The highest BCUT2D eigenvalue weighted by Gasteiger charge is 2.46. The fraction of sp³-hybridized carbons (Fsp3) is 0.756. The third-order valence-corrected chi connectivity index (χ3v) is 13.7. The average molecular weight is 978 g/mol. The van der Waals surface area contributed by atoms with Crippen LogP contribution in [0.25, 0.3) is 0 Å². The Balaban J connectivity index is 1.85. The highest BCUT2D eigenvalue weighted by molar-refractivity contribution is 7.61. The van der Waals surface area contributed by atoms with Gasteiger partial charge in [0.15, 0.2) is 18.1 Å². The summed E-state index contributed by atoms with van der Waals surface area (Å²) < 4.78 is 56.5. The fourth-order valence-electron chi connectivity index (χ4n) is 6.92. The Morgan fingerprint density at radius 2 is 1.42 bits per heavy atom. The predicted molar refractivity (Wildman–Crippen MR) is 248 cm³/mol. The molecule has 1 aliphatic heterocycles. The molecule has 66 heavy (non-hydrogen) atoms. The van der Waals surface area contributed by atoms with Crippen LogP contribution in [0.3, 0.4) is 0 Å². The van der Waals surface area contributed by atoms with E-state index < -0.39 is 83.7 Å². The predicted octanol–water partition coefficient (Wildman–Crippen LogP) is 8.09. The first kappa shape index (κ1) is 59.0. The van der Waals surface area contributed by atoms with Crippen LogP contribution in [0.1, 0.15) is 168 Å². The number of carbonyl (C=O) groups excluding carboxylic acids is 3. The van der Waals surface area contributed by atoms with Gasteiger partial charge in [-0.3, -0.25) is 28.0 Å². The summed E-state index contributed by atoms with van der Waals surface area (Å²) in [5, 5.41) is 20.9. The number of esters is 2. The first-order valence-electron chi connectivity index (χ1n) is 23.7. The van der Waals surface area contributed by atoms with Crippen molar-refractivity contribution in [2.24, 2.45) is 5.92 Å². The molecule has 1 fully saturated rings.